The summed E-state index contributed by atoms with van der Waals surface area (Å²) < 4.78 is 4.53. The number of nitrogens with zero attached hydrogens (tertiary/aromatic N) is 1. The summed E-state index contributed by atoms with van der Waals surface area (Å²) in [6, 6.07) is 6.97. The van der Waals surface area contributed by atoms with Crippen LogP contribution in [0.1, 0.15) is 5.56 Å². The van der Waals surface area contributed by atoms with Gasteiger partial charge in [0.1, 0.15) is 12.7 Å². The quantitative estimate of drug-likeness (QED) is 0.509. The van der Waals surface area contributed by atoms with Gasteiger partial charge < -0.3 is 21.5 Å². The minimum absolute atomic E-state index is 0.168. The summed E-state index contributed by atoms with van der Waals surface area (Å²) in [7, 11) is 0. The maximum atomic E-state index is 10.3. The molecular weight excluding hydrogens is 208 g/mol. The smallest absolute Gasteiger partial charge is 0.404 e. The van der Waals surface area contributed by atoms with Crippen LogP contribution >= 0.6 is 0 Å². The third-order valence-corrected chi connectivity index (χ3v) is 1.85. The molecule has 6 heteroatoms. The summed E-state index contributed by atoms with van der Waals surface area (Å²) >= 11 is 0. The van der Waals surface area contributed by atoms with E-state index in [0.717, 1.165) is 5.69 Å². The number of hydrogen-bond donors (Lipinski definition) is 3. The van der Waals surface area contributed by atoms with Crippen molar-refractivity contribution in [3.8, 4) is 6.07 Å². The molecule has 0 aliphatic rings. The van der Waals surface area contributed by atoms with Crippen molar-refractivity contribution in [1.82, 2.24) is 0 Å². The van der Waals surface area contributed by atoms with Crippen molar-refractivity contribution < 1.29 is 9.53 Å². The Morgan fingerprint density at radius 3 is 2.94 bits per heavy atom. The second kappa shape index (κ2) is 5.46. The number of rotatable bonds is 4. The molecule has 1 aromatic carbocycles. The minimum atomic E-state index is -0.808. The van der Waals surface area contributed by atoms with E-state index in [1.807, 2.05) is 6.07 Å². The first-order chi connectivity index (χ1) is 7.63. The molecular formula is C10H12N4O2. The van der Waals surface area contributed by atoms with Crippen LogP contribution in [0.5, 0.6) is 0 Å². The van der Waals surface area contributed by atoms with Gasteiger partial charge in [0.15, 0.2) is 0 Å². The number of nitrogen functional groups attached to an aromatic ring is 1. The van der Waals surface area contributed by atoms with E-state index in [2.05, 4.69) is 10.1 Å². The van der Waals surface area contributed by atoms with Crippen LogP contribution in [0.4, 0.5) is 16.2 Å². The highest BCUT2D eigenvalue weighted by atomic mass is 16.5. The summed E-state index contributed by atoms with van der Waals surface area (Å²) in [4.78, 5) is 10.3. The van der Waals surface area contributed by atoms with Crippen LogP contribution in [0.25, 0.3) is 0 Å². The van der Waals surface area contributed by atoms with E-state index in [1.54, 1.807) is 18.2 Å². The number of carbonyl (C=O) groups is 1. The number of nitrogens with two attached hydrogens (primary N) is 2. The number of benzene rings is 1. The number of nitrogens with one attached hydrogen (secondary N) is 1. The molecule has 0 saturated carbocycles. The maximum absolute atomic E-state index is 10.3. The number of nitriles is 1. The molecule has 0 unspecified atom stereocenters. The standard InChI is InChI=1S/C10H12N4O2/c11-6-7-5-8(1-2-9(7)12)14-3-4-16-10(13)15/h1-2,5,14H,3-4,12H2,(H2,13,15). The molecule has 6 nitrogen and oxygen atoms in total. The number of anilines is 2. The van der Waals surface area contributed by atoms with Gasteiger partial charge in [0.2, 0.25) is 0 Å². The molecule has 16 heavy (non-hydrogen) atoms. The summed E-state index contributed by atoms with van der Waals surface area (Å²) in [5.41, 5.74) is 11.9. The van der Waals surface area contributed by atoms with Gasteiger partial charge in [-0.1, -0.05) is 0 Å². The number of carbonyl (C=O) groups excluding carboxylic acids is 1. The largest absolute Gasteiger partial charge is 0.448 e. The van der Waals surface area contributed by atoms with Crippen molar-refractivity contribution in [2.45, 2.75) is 0 Å². The fraction of sp³-hybridized carbons (Fsp3) is 0.200. The van der Waals surface area contributed by atoms with E-state index < -0.39 is 6.09 Å². The fourth-order valence-electron chi connectivity index (χ4n) is 1.11. The van der Waals surface area contributed by atoms with Gasteiger partial charge in [-0.3, -0.25) is 0 Å². The van der Waals surface area contributed by atoms with E-state index in [4.69, 9.17) is 16.7 Å². The van der Waals surface area contributed by atoms with E-state index >= 15 is 0 Å². The van der Waals surface area contributed by atoms with Crippen molar-refractivity contribution in [2.24, 2.45) is 5.73 Å². The summed E-state index contributed by atoms with van der Waals surface area (Å²) in [6.07, 6.45) is -0.808. The average molecular weight is 220 g/mol. The monoisotopic (exact) mass is 220 g/mol. The number of primary amides is 1. The molecule has 0 saturated heterocycles. The van der Waals surface area contributed by atoms with Gasteiger partial charge in [-0.15, -0.1) is 0 Å². The van der Waals surface area contributed by atoms with Crippen molar-refractivity contribution >= 4 is 17.5 Å². The molecule has 0 aliphatic carbocycles. The molecule has 5 N–H and O–H groups in total. The average Bonchev–Trinajstić information content (AvgIpc) is 2.26. The van der Waals surface area contributed by atoms with Crippen LogP contribution in [0.15, 0.2) is 18.2 Å². The summed E-state index contributed by atoms with van der Waals surface area (Å²) in [6.45, 7) is 0.583. The predicted octanol–water partition coefficient (Wildman–Crippen LogP) is 0.648. The molecule has 84 valence electrons. The second-order valence-corrected chi connectivity index (χ2v) is 3.01. The molecule has 1 amide bonds. The molecule has 0 atom stereocenters. The van der Waals surface area contributed by atoms with Gasteiger partial charge in [-0.2, -0.15) is 5.26 Å². The topological polar surface area (TPSA) is 114 Å². The van der Waals surface area contributed by atoms with Crippen LogP contribution in [0.3, 0.4) is 0 Å². The van der Waals surface area contributed by atoms with Gasteiger partial charge in [0.25, 0.3) is 0 Å². The summed E-state index contributed by atoms with van der Waals surface area (Å²) in [5, 5.41) is 11.7. The van der Waals surface area contributed by atoms with Crippen molar-refractivity contribution in [1.29, 1.82) is 5.26 Å². The van der Waals surface area contributed by atoms with Gasteiger partial charge in [-0.05, 0) is 18.2 Å². The Hall–Kier alpha value is -2.42. The van der Waals surface area contributed by atoms with Crippen molar-refractivity contribution in [3.63, 3.8) is 0 Å². The van der Waals surface area contributed by atoms with Crippen LogP contribution in [-0.4, -0.2) is 19.2 Å². The molecule has 1 aromatic rings. The van der Waals surface area contributed by atoms with Crippen LogP contribution in [-0.2, 0) is 4.74 Å². The number of amides is 1. The molecule has 0 aromatic heterocycles. The molecule has 0 spiro atoms. The van der Waals surface area contributed by atoms with Crippen molar-refractivity contribution in [2.75, 3.05) is 24.2 Å². The highest BCUT2D eigenvalue weighted by Gasteiger charge is 2.00. The first-order valence-corrected chi connectivity index (χ1v) is 4.59. The van der Waals surface area contributed by atoms with Crippen LogP contribution in [0.2, 0.25) is 0 Å². The first-order valence-electron chi connectivity index (χ1n) is 4.59. The molecule has 0 radical (unpaired) electrons. The molecule has 0 aliphatic heterocycles. The zero-order valence-corrected chi connectivity index (χ0v) is 8.56. The Morgan fingerprint density at radius 2 is 2.31 bits per heavy atom. The Labute approximate surface area is 92.8 Å². The Balaban J connectivity index is 2.49. The third-order valence-electron chi connectivity index (χ3n) is 1.85. The second-order valence-electron chi connectivity index (χ2n) is 3.01. The van der Waals surface area contributed by atoms with Crippen LogP contribution in [0, 0.1) is 11.3 Å². The fourth-order valence-corrected chi connectivity index (χ4v) is 1.11. The van der Waals surface area contributed by atoms with E-state index in [1.165, 1.54) is 0 Å². The Morgan fingerprint density at radius 1 is 1.56 bits per heavy atom. The number of ether oxygens (including phenoxy) is 1. The molecule has 1 rings (SSSR count). The highest BCUT2D eigenvalue weighted by Crippen LogP contribution is 2.16. The lowest BCUT2D eigenvalue weighted by molar-refractivity contribution is 0.161. The zero-order chi connectivity index (χ0) is 12.0. The minimum Gasteiger partial charge on any atom is -0.448 e. The Bertz CT molecular complexity index is 425. The van der Waals surface area contributed by atoms with Gasteiger partial charge in [0.05, 0.1) is 5.56 Å². The number of hydrogen-bond acceptors (Lipinski definition) is 5. The lowest BCUT2D eigenvalue weighted by atomic mass is 10.2. The summed E-state index contributed by atoms with van der Waals surface area (Å²) in [5.74, 6) is 0. The SMILES string of the molecule is N#Cc1cc(NCCOC(N)=O)ccc1N. The van der Waals surface area contributed by atoms with Crippen molar-refractivity contribution in [3.05, 3.63) is 23.8 Å². The maximum Gasteiger partial charge on any atom is 0.404 e. The van der Waals surface area contributed by atoms with E-state index in [9.17, 15) is 4.79 Å². The first kappa shape index (κ1) is 11.7. The lowest BCUT2D eigenvalue weighted by Gasteiger charge is -2.07. The Kier molecular flexibility index (Phi) is 3.98. The van der Waals surface area contributed by atoms with E-state index in [0.29, 0.717) is 17.8 Å². The lowest BCUT2D eigenvalue weighted by Crippen LogP contribution is -2.18. The van der Waals surface area contributed by atoms with E-state index in [-0.39, 0.29) is 6.61 Å². The van der Waals surface area contributed by atoms with Gasteiger partial charge in [0, 0.05) is 17.9 Å². The molecule has 0 fully saturated rings. The molecule has 0 heterocycles. The zero-order valence-electron chi connectivity index (χ0n) is 8.56. The normalized spacial score (nSPS) is 9.19. The highest BCUT2D eigenvalue weighted by molar-refractivity contribution is 5.64. The predicted molar refractivity (Wildman–Crippen MR) is 59.6 cm³/mol. The third kappa shape index (κ3) is 3.38. The van der Waals surface area contributed by atoms with Gasteiger partial charge in [-0.25, -0.2) is 4.79 Å². The molecule has 0 bridgehead atoms. The van der Waals surface area contributed by atoms with Gasteiger partial charge >= 0.3 is 6.09 Å². The van der Waals surface area contributed by atoms with Crippen LogP contribution < -0.4 is 16.8 Å².